The maximum absolute atomic E-state index is 11.8. The van der Waals surface area contributed by atoms with Gasteiger partial charge in [0.2, 0.25) is 0 Å². The fraction of sp³-hybridized carbons (Fsp3) is 0.278. The molecule has 0 bridgehead atoms. The number of amides is 1. The second kappa shape index (κ2) is 8.10. The second-order valence-electron chi connectivity index (χ2n) is 4.56. The van der Waals surface area contributed by atoms with E-state index in [1.807, 2.05) is 58.0 Å². The summed E-state index contributed by atoms with van der Waals surface area (Å²) in [5, 5.41) is 2.74. The van der Waals surface area contributed by atoms with Crippen LogP contribution in [0.15, 0.2) is 42.5 Å². The molecule has 0 aliphatic rings. The molecule has 21 heavy (non-hydrogen) atoms. The van der Waals surface area contributed by atoms with Crippen LogP contribution in [0.4, 0.5) is 10.5 Å². The average Bonchev–Trinajstić information content (AvgIpc) is 2.47. The molecule has 0 heterocycles. The Hall–Kier alpha value is -2.29. The van der Waals surface area contributed by atoms with Crippen molar-refractivity contribution < 1.29 is 9.53 Å². The van der Waals surface area contributed by atoms with Crippen LogP contribution in [-0.4, -0.2) is 6.09 Å². The topological polar surface area (TPSA) is 38.3 Å². The predicted molar refractivity (Wildman–Crippen MR) is 88.1 cm³/mol. The molecule has 0 aliphatic heterocycles. The highest BCUT2D eigenvalue weighted by Crippen LogP contribution is 2.19. The van der Waals surface area contributed by atoms with Crippen LogP contribution in [0.25, 0.3) is 0 Å². The molecular formula is C18H23NO2. The van der Waals surface area contributed by atoms with Crippen molar-refractivity contribution in [3.05, 3.63) is 59.2 Å². The molecule has 1 N–H and O–H groups in total. The predicted octanol–water partition coefficient (Wildman–Crippen LogP) is 5.25. The fourth-order valence-corrected chi connectivity index (χ4v) is 1.85. The number of hydrogen-bond donors (Lipinski definition) is 1. The van der Waals surface area contributed by atoms with Crippen LogP contribution in [-0.2, 0) is 0 Å². The number of anilines is 1. The number of ether oxygens (including phenoxy) is 1. The first kappa shape index (κ1) is 16.8. The molecule has 0 fully saturated rings. The third-order valence-corrected chi connectivity index (χ3v) is 3.13. The van der Waals surface area contributed by atoms with E-state index in [2.05, 4.69) is 12.2 Å². The molecule has 2 aromatic rings. The van der Waals surface area contributed by atoms with Crippen molar-refractivity contribution in [3.63, 3.8) is 0 Å². The Morgan fingerprint density at radius 2 is 1.48 bits per heavy atom. The van der Waals surface area contributed by atoms with E-state index in [1.165, 1.54) is 5.56 Å². The zero-order valence-corrected chi connectivity index (χ0v) is 13.4. The smallest absolute Gasteiger partial charge is 0.410 e. The van der Waals surface area contributed by atoms with Crippen LogP contribution < -0.4 is 10.1 Å². The van der Waals surface area contributed by atoms with Gasteiger partial charge in [0.25, 0.3) is 0 Å². The lowest BCUT2D eigenvalue weighted by Gasteiger charge is -2.10. The Bertz CT molecular complexity index is 568. The van der Waals surface area contributed by atoms with Gasteiger partial charge in [-0.05, 0) is 61.7 Å². The first-order valence-electron chi connectivity index (χ1n) is 7.18. The normalized spacial score (nSPS) is 9.38. The van der Waals surface area contributed by atoms with Gasteiger partial charge in [0.05, 0.1) is 0 Å². The van der Waals surface area contributed by atoms with Crippen LogP contribution in [0.3, 0.4) is 0 Å². The first-order chi connectivity index (χ1) is 10.1. The SMILES string of the molecule is CC.Cc1cc(NC(=O)Oc2ccccc2)cc(C)c1C. The zero-order valence-electron chi connectivity index (χ0n) is 13.4. The second-order valence-corrected chi connectivity index (χ2v) is 4.56. The van der Waals surface area contributed by atoms with Crippen LogP contribution in [0.5, 0.6) is 5.75 Å². The number of benzene rings is 2. The van der Waals surface area contributed by atoms with E-state index in [-0.39, 0.29) is 0 Å². The third kappa shape index (κ3) is 4.95. The maximum atomic E-state index is 11.8. The molecule has 0 spiro atoms. The maximum Gasteiger partial charge on any atom is 0.417 e. The minimum atomic E-state index is -0.478. The monoisotopic (exact) mass is 285 g/mol. The zero-order chi connectivity index (χ0) is 15.8. The summed E-state index contributed by atoms with van der Waals surface area (Å²) in [4.78, 5) is 11.8. The number of carbonyl (C=O) groups excluding carboxylic acids is 1. The highest BCUT2D eigenvalue weighted by Gasteiger charge is 2.07. The summed E-state index contributed by atoms with van der Waals surface area (Å²) in [5.41, 5.74) is 4.29. The standard InChI is InChI=1S/C16H17NO2.C2H6/c1-11-9-14(10-12(2)13(11)3)17-16(18)19-15-7-5-4-6-8-15;1-2/h4-10H,1-3H3,(H,17,18);1-2H3. The summed E-state index contributed by atoms with van der Waals surface area (Å²) in [6, 6.07) is 12.9. The van der Waals surface area contributed by atoms with E-state index in [0.717, 1.165) is 16.8 Å². The van der Waals surface area contributed by atoms with Gasteiger partial charge in [0, 0.05) is 5.69 Å². The van der Waals surface area contributed by atoms with Crippen molar-refractivity contribution in [3.8, 4) is 5.75 Å². The van der Waals surface area contributed by atoms with Crippen molar-refractivity contribution in [2.24, 2.45) is 0 Å². The number of aryl methyl sites for hydroxylation is 2. The molecule has 0 atom stereocenters. The van der Waals surface area contributed by atoms with Crippen LogP contribution in [0.1, 0.15) is 30.5 Å². The van der Waals surface area contributed by atoms with Crippen molar-refractivity contribution in [1.29, 1.82) is 0 Å². The average molecular weight is 285 g/mol. The Morgan fingerprint density at radius 1 is 0.952 bits per heavy atom. The van der Waals surface area contributed by atoms with Crippen molar-refractivity contribution in [1.82, 2.24) is 0 Å². The number of para-hydroxylation sites is 1. The fourth-order valence-electron chi connectivity index (χ4n) is 1.85. The van der Waals surface area contributed by atoms with Gasteiger partial charge in [0.15, 0.2) is 0 Å². The molecule has 2 rings (SSSR count). The molecular weight excluding hydrogens is 262 g/mol. The summed E-state index contributed by atoms with van der Waals surface area (Å²) >= 11 is 0. The Kier molecular flexibility index (Phi) is 6.47. The van der Waals surface area contributed by atoms with Gasteiger partial charge in [-0.2, -0.15) is 0 Å². The lowest BCUT2D eigenvalue weighted by Crippen LogP contribution is -2.16. The van der Waals surface area contributed by atoms with Gasteiger partial charge in [0.1, 0.15) is 5.75 Å². The van der Waals surface area contributed by atoms with Crippen LogP contribution in [0, 0.1) is 20.8 Å². The Labute approximate surface area is 127 Å². The molecule has 3 heteroatoms. The van der Waals surface area contributed by atoms with E-state index in [4.69, 9.17) is 4.74 Å². The van der Waals surface area contributed by atoms with Gasteiger partial charge in [-0.1, -0.05) is 32.0 Å². The van der Waals surface area contributed by atoms with Crippen molar-refractivity contribution in [2.75, 3.05) is 5.32 Å². The number of rotatable bonds is 2. The minimum absolute atomic E-state index is 0.478. The van der Waals surface area contributed by atoms with Crippen LogP contribution in [0.2, 0.25) is 0 Å². The molecule has 0 radical (unpaired) electrons. The molecule has 0 aliphatic carbocycles. The molecule has 1 amide bonds. The van der Waals surface area contributed by atoms with Gasteiger partial charge in [-0.25, -0.2) is 4.79 Å². The number of hydrogen-bond acceptors (Lipinski definition) is 2. The van der Waals surface area contributed by atoms with Crippen molar-refractivity contribution >= 4 is 11.8 Å². The van der Waals surface area contributed by atoms with Gasteiger partial charge in [-0.15, -0.1) is 0 Å². The Balaban J connectivity index is 0.00000106. The van der Waals surface area contributed by atoms with E-state index in [9.17, 15) is 4.79 Å². The highest BCUT2D eigenvalue weighted by molar-refractivity contribution is 5.86. The lowest BCUT2D eigenvalue weighted by atomic mass is 10.0. The summed E-state index contributed by atoms with van der Waals surface area (Å²) in [7, 11) is 0. The minimum Gasteiger partial charge on any atom is -0.410 e. The summed E-state index contributed by atoms with van der Waals surface area (Å²) < 4.78 is 5.18. The first-order valence-corrected chi connectivity index (χ1v) is 7.18. The van der Waals surface area contributed by atoms with E-state index in [1.54, 1.807) is 12.1 Å². The molecule has 3 nitrogen and oxygen atoms in total. The third-order valence-electron chi connectivity index (χ3n) is 3.13. The summed E-state index contributed by atoms with van der Waals surface area (Å²) in [6.07, 6.45) is -0.478. The van der Waals surface area contributed by atoms with Gasteiger partial charge in [-0.3, -0.25) is 5.32 Å². The van der Waals surface area contributed by atoms with E-state index >= 15 is 0 Å². The highest BCUT2D eigenvalue weighted by atomic mass is 16.6. The van der Waals surface area contributed by atoms with Gasteiger partial charge >= 0.3 is 6.09 Å². The molecule has 2 aromatic carbocycles. The molecule has 0 saturated carbocycles. The van der Waals surface area contributed by atoms with E-state index in [0.29, 0.717) is 5.75 Å². The van der Waals surface area contributed by atoms with Gasteiger partial charge < -0.3 is 4.74 Å². The quantitative estimate of drug-likeness (QED) is 0.818. The van der Waals surface area contributed by atoms with E-state index < -0.39 is 6.09 Å². The molecule has 112 valence electrons. The molecule has 0 unspecified atom stereocenters. The summed E-state index contributed by atoms with van der Waals surface area (Å²) in [5.74, 6) is 0.528. The lowest BCUT2D eigenvalue weighted by molar-refractivity contribution is 0.215. The molecule has 0 saturated heterocycles. The summed E-state index contributed by atoms with van der Waals surface area (Å²) in [6.45, 7) is 10.1. The molecule has 0 aromatic heterocycles. The number of nitrogens with one attached hydrogen (secondary N) is 1. The van der Waals surface area contributed by atoms with Crippen LogP contribution >= 0.6 is 0 Å². The number of carbonyl (C=O) groups is 1. The Morgan fingerprint density at radius 3 is 2.00 bits per heavy atom. The van der Waals surface area contributed by atoms with Crippen molar-refractivity contribution in [2.45, 2.75) is 34.6 Å². The largest absolute Gasteiger partial charge is 0.417 e.